The zero-order chi connectivity index (χ0) is 22.2. The number of amides is 1. The summed E-state index contributed by atoms with van der Waals surface area (Å²) >= 11 is 0. The van der Waals surface area contributed by atoms with Crippen LogP contribution in [0.4, 0.5) is 0 Å². The predicted octanol–water partition coefficient (Wildman–Crippen LogP) is 4.54. The lowest BCUT2D eigenvalue weighted by Gasteiger charge is -2.10. The maximum Gasteiger partial charge on any atom is 0.323 e. The van der Waals surface area contributed by atoms with Gasteiger partial charge in [-0.2, -0.15) is 0 Å². The van der Waals surface area contributed by atoms with E-state index >= 15 is 0 Å². The number of allylic oxidation sites excluding steroid dienone is 2. The molecular formula is C25H20N4O3. The van der Waals surface area contributed by atoms with E-state index in [-0.39, 0.29) is 17.0 Å². The normalized spacial score (nSPS) is 12.3. The van der Waals surface area contributed by atoms with Crippen LogP contribution in [0.5, 0.6) is 5.75 Å². The van der Waals surface area contributed by atoms with Crippen LogP contribution in [0.15, 0.2) is 77.4 Å². The minimum atomic E-state index is -0.455. The van der Waals surface area contributed by atoms with Crippen molar-refractivity contribution in [2.75, 3.05) is 0 Å². The largest absolute Gasteiger partial charge is 0.507 e. The van der Waals surface area contributed by atoms with Crippen LogP contribution in [-0.2, 0) is 0 Å². The molecule has 0 bridgehead atoms. The number of imidazole rings is 1. The first-order chi connectivity index (χ1) is 15.5. The minimum Gasteiger partial charge on any atom is -0.507 e. The van der Waals surface area contributed by atoms with Gasteiger partial charge in [-0.1, -0.05) is 36.4 Å². The number of phenols is 1. The number of carbonyl (C=O) groups excluding carboxylic acids is 1. The lowest BCUT2D eigenvalue weighted by Crippen LogP contribution is -2.22. The molecule has 5 rings (SSSR count). The molecule has 0 fully saturated rings. The molecule has 32 heavy (non-hydrogen) atoms. The second-order valence-corrected chi connectivity index (χ2v) is 7.50. The van der Waals surface area contributed by atoms with Crippen molar-refractivity contribution in [2.45, 2.75) is 6.92 Å². The molecule has 0 saturated heterocycles. The number of fused-ring (bicyclic) bond motifs is 5. The van der Waals surface area contributed by atoms with E-state index in [2.05, 4.69) is 26.3 Å². The van der Waals surface area contributed by atoms with Crippen LogP contribution in [0.1, 0.15) is 23.0 Å². The highest BCUT2D eigenvalue weighted by Crippen LogP contribution is 2.34. The molecule has 5 aromatic rings. The van der Waals surface area contributed by atoms with E-state index in [9.17, 15) is 14.7 Å². The Balaban J connectivity index is 1.55. The summed E-state index contributed by atoms with van der Waals surface area (Å²) in [4.78, 5) is 32.8. The van der Waals surface area contributed by atoms with Gasteiger partial charge in [-0.05, 0) is 42.7 Å². The maximum atomic E-state index is 13.0. The minimum absolute atomic E-state index is 0.115. The van der Waals surface area contributed by atoms with Crippen molar-refractivity contribution in [1.29, 1.82) is 0 Å². The first-order valence-corrected chi connectivity index (χ1v) is 10.1. The summed E-state index contributed by atoms with van der Waals surface area (Å²) in [5, 5.41) is 17.3. The molecule has 0 radical (unpaired) electrons. The molecule has 158 valence electrons. The van der Waals surface area contributed by atoms with Gasteiger partial charge >= 0.3 is 5.69 Å². The summed E-state index contributed by atoms with van der Waals surface area (Å²) in [7, 11) is 0. The first-order valence-electron chi connectivity index (χ1n) is 10.1. The summed E-state index contributed by atoms with van der Waals surface area (Å²) < 4.78 is 0. The van der Waals surface area contributed by atoms with E-state index in [0.29, 0.717) is 11.4 Å². The number of hydrogen-bond acceptors (Lipinski definition) is 3. The molecule has 0 saturated carbocycles. The molecule has 0 spiro atoms. The third-order valence-corrected chi connectivity index (χ3v) is 5.39. The lowest BCUT2D eigenvalue weighted by molar-refractivity contribution is 0.0965. The lowest BCUT2D eigenvalue weighted by atomic mass is 10.0. The number of nitrogens with one attached hydrogen (secondary N) is 4. The summed E-state index contributed by atoms with van der Waals surface area (Å²) in [6.45, 7) is 1.82. The first kappa shape index (κ1) is 19.4. The Hall–Kier alpha value is -4.52. The number of aromatic hydroxyl groups is 1. The van der Waals surface area contributed by atoms with E-state index in [4.69, 9.17) is 0 Å². The van der Waals surface area contributed by atoms with Crippen LogP contribution < -0.4 is 11.0 Å². The van der Waals surface area contributed by atoms with E-state index in [1.807, 2.05) is 37.3 Å². The molecule has 0 unspecified atom stereocenters. The molecule has 0 aliphatic carbocycles. The Morgan fingerprint density at radius 2 is 1.88 bits per heavy atom. The van der Waals surface area contributed by atoms with Crippen LogP contribution in [0.2, 0.25) is 0 Å². The number of H-pyrrole nitrogens is 3. The molecule has 1 amide bonds. The molecular weight excluding hydrogens is 404 g/mol. The van der Waals surface area contributed by atoms with Crippen LogP contribution in [0, 0.1) is 0 Å². The van der Waals surface area contributed by atoms with Gasteiger partial charge in [0.05, 0.1) is 16.8 Å². The number of aromatic nitrogens is 3. The third-order valence-electron chi connectivity index (χ3n) is 5.39. The Morgan fingerprint density at radius 1 is 1.03 bits per heavy atom. The van der Waals surface area contributed by atoms with Gasteiger partial charge in [0.2, 0.25) is 0 Å². The molecule has 2 aromatic heterocycles. The van der Waals surface area contributed by atoms with Crippen molar-refractivity contribution in [3.63, 3.8) is 0 Å². The van der Waals surface area contributed by atoms with Gasteiger partial charge in [-0.25, -0.2) is 4.79 Å². The van der Waals surface area contributed by atoms with Crippen LogP contribution in [0.3, 0.4) is 0 Å². The number of benzene rings is 3. The topological polar surface area (TPSA) is 114 Å². The average molecular weight is 424 g/mol. The van der Waals surface area contributed by atoms with Crippen molar-refractivity contribution >= 4 is 44.6 Å². The highest BCUT2D eigenvalue weighted by molar-refractivity contribution is 6.18. The molecule has 5 N–H and O–H groups in total. The molecule has 0 aliphatic heterocycles. The Morgan fingerprint density at radius 3 is 2.66 bits per heavy atom. The van der Waals surface area contributed by atoms with Crippen LogP contribution in [-0.4, -0.2) is 26.0 Å². The van der Waals surface area contributed by atoms with E-state index in [1.165, 1.54) is 6.20 Å². The standard InChI is InChI=1S/C25H20N4O3/c1-2-5-15(11-16-13-26-25(32)28-16)27-24(31)20-10-14-8-9-18-17-6-3-4-7-21(17)29-23(18)19(14)12-22(20)30/h2-13,29-30H,1H3,(H,27,31)(H2,26,28,32)/b5-2-,15-11+. The molecule has 7 nitrogen and oxygen atoms in total. The van der Waals surface area contributed by atoms with Crippen LogP contribution in [0.25, 0.3) is 38.7 Å². The summed E-state index contributed by atoms with van der Waals surface area (Å²) in [6, 6.07) is 15.3. The van der Waals surface area contributed by atoms with Crippen molar-refractivity contribution in [2.24, 2.45) is 0 Å². The van der Waals surface area contributed by atoms with Crippen molar-refractivity contribution in [3.05, 3.63) is 94.3 Å². The number of aromatic amines is 3. The van der Waals surface area contributed by atoms with Gasteiger partial charge in [0.1, 0.15) is 5.75 Å². The Labute approximate surface area is 182 Å². The van der Waals surface area contributed by atoms with Gasteiger partial charge in [0, 0.05) is 33.6 Å². The second kappa shape index (κ2) is 7.63. The van der Waals surface area contributed by atoms with Crippen LogP contribution >= 0.6 is 0 Å². The van der Waals surface area contributed by atoms with E-state index < -0.39 is 5.91 Å². The predicted molar refractivity (Wildman–Crippen MR) is 127 cm³/mol. The van der Waals surface area contributed by atoms with Gasteiger partial charge in [-0.15, -0.1) is 0 Å². The summed E-state index contributed by atoms with van der Waals surface area (Å²) in [6.07, 6.45) is 6.61. The van der Waals surface area contributed by atoms with Gasteiger partial charge in [-0.3, -0.25) is 4.79 Å². The zero-order valence-corrected chi connectivity index (χ0v) is 17.2. The number of rotatable bonds is 4. The summed E-state index contributed by atoms with van der Waals surface area (Å²) in [5.74, 6) is -0.570. The van der Waals surface area contributed by atoms with Gasteiger partial charge in [0.15, 0.2) is 0 Å². The molecule has 3 aromatic carbocycles. The van der Waals surface area contributed by atoms with E-state index in [1.54, 1.807) is 30.4 Å². The fourth-order valence-electron chi connectivity index (χ4n) is 3.96. The molecule has 0 atom stereocenters. The Bertz CT molecular complexity index is 1620. The SMILES string of the molecule is C/C=C\C(=C/c1c[nH]c(=O)[nH]1)NC(=O)c1cc2ccc3c4ccccc4[nH]c3c2cc1O. The van der Waals surface area contributed by atoms with Crippen molar-refractivity contribution < 1.29 is 9.90 Å². The second-order valence-electron chi connectivity index (χ2n) is 7.50. The van der Waals surface area contributed by atoms with Crippen molar-refractivity contribution in [1.82, 2.24) is 20.3 Å². The number of carbonyl (C=O) groups is 1. The number of para-hydroxylation sites is 1. The highest BCUT2D eigenvalue weighted by Gasteiger charge is 2.16. The maximum absolute atomic E-state index is 13.0. The van der Waals surface area contributed by atoms with Crippen molar-refractivity contribution in [3.8, 4) is 5.75 Å². The molecule has 7 heteroatoms. The third kappa shape index (κ3) is 3.35. The van der Waals surface area contributed by atoms with Gasteiger partial charge in [0.25, 0.3) is 5.91 Å². The average Bonchev–Trinajstić information content (AvgIpc) is 3.36. The molecule has 2 heterocycles. The Kier molecular flexibility index (Phi) is 4.63. The smallest absolute Gasteiger partial charge is 0.323 e. The number of hydrogen-bond donors (Lipinski definition) is 5. The molecule has 0 aliphatic rings. The number of phenolic OH excluding ortho intramolecular Hbond substituents is 1. The highest BCUT2D eigenvalue weighted by atomic mass is 16.3. The summed E-state index contributed by atoms with van der Waals surface area (Å²) in [5.41, 5.74) is 2.74. The monoisotopic (exact) mass is 424 g/mol. The quantitative estimate of drug-likeness (QED) is 0.273. The zero-order valence-electron chi connectivity index (χ0n) is 17.2. The van der Waals surface area contributed by atoms with Gasteiger partial charge < -0.3 is 25.4 Å². The van der Waals surface area contributed by atoms with E-state index in [0.717, 1.165) is 32.6 Å². The fourth-order valence-corrected chi connectivity index (χ4v) is 3.96. The fraction of sp³-hybridized carbons (Fsp3) is 0.0400.